The van der Waals surface area contributed by atoms with Crippen molar-refractivity contribution >= 4 is 64.0 Å². The number of carbonyl (C=O) groups is 2. The Morgan fingerprint density at radius 3 is 2.24 bits per heavy atom. The lowest BCUT2D eigenvalue weighted by Gasteiger charge is -2.24. The van der Waals surface area contributed by atoms with Crippen LogP contribution in [-0.2, 0) is 4.79 Å². The number of alkyl halides is 3. The maximum Gasteiger partial charge on any atom is 0.337 e. The fourth-order valence-corrected chi connectivity index (χ4v) is 2.86. The molecule has 1 heterocycles. The van der Waals surface area contributed by atoms with Crippen molar-refractivity contribution in [1.29, 1.82) is 0 Å². The number of anilines is 2. The lowest BCUT2D eigenvalue weighted by atomic mass is 10.2. The van der Waals surface area contributed by atoms with Gasteiger partial charge >= 0.3 is 6.03 Å². The van der Waals surface area contributed by atoms with Gasteiger partial charge in [0.05, 0.1) is 5.69 Å². The van der Waals surface area contributed by atoms with Gasteiger partial charge in [0.2, 0.25) is 9.63 Å². The Hall–Kier alpha value is -2.42. The number of nitrogens with one attached hydrogen (secondary N) is 1. The van der Waals surface area contributed by atoms with Crippen molar-refractivity contribution in [3.05, 3.63) is 60.2 Å². The molecular formula is C18H13Cl3F2N4O2. The van der Waals surface area contributed by atoms with E-state index in [1.54, 1.807) is 0 Å². The molecule has 1 saturated heterocycles. The number of benzene rings is 2. The molecule has 1 atom stereocenters. The van der Waals surface area contributed by atoms with Crippen molar-refractivity contribution < 1.29 is 18.4 Å². The van der Waals surface area contributed by atoms with E-state index in [0.29, 0.717) is 5.69 Å². The third kappa shape index (κ3) is 4.44. The zero-order valence-corrected chi connectivity index (χ0v) is 17.0. The number of likely N-dealkylation sites (N-methyl/N-ethyl adjacent to an activating group) is 1. The van der Waals surface area contributed by atoms with Crippen LogP contribution in [0.25, 0.3) is 0 Å². The van der Waals surface area contributed by atoms with E-state index in [4.69, 9.17) is 34.8 Å². The first kappa shape index (κ1) is 21.3. The van der Waals surface area contributed by atoms with Crippen LogP contribution < -0.4 is 10.2 Å². The van der Waals surface area contributed by atoms with Crippen LogP contribution >= 0.6 is 34.8 Å². The Morgan fingerprint density at radius 1 is 1.03 bits per heavy atom. The predicted molar refractivity (Wildman–Crippen MR) is 109 cm³/mol. The molecule has 3 rings (SSSR count). The van der Waals surface area contributed by atoms with Crippen LogP contribution in [0.1, 0.15) is 0 Å². The van der Waals surface area contributed by atoms with E-state index in [1.165, 1.54) is 49.5 Å². The van der Waals surface area contributed by atoms with Crippen molar-refractivity contribution in [1.82, 2.24) is 4.90 Å². The maximum atomic E-state index is 14.3. The summed E-state index contributed by atoms with van der Waals surface area (Å²) in [5.74, 6) is -2.46. The van der Waals surface area contributed by atoms with Gasteiger partial charge in [-0.1, -0.05) is 46.9 Å². The van der Waals surface area contributed by atoms with Crippen molar-refractivity contribution in [2.24, 2.45) is 4.99 Å². The molecule has 1 aliphatic heterocycles. The Balaban J connectivity index is 2.06. The summed E-state index contributed by atoms with van der Waals surface area (Å²) in [5, 5.41) is 2.76. The molecule has 152 valence electrons. The van der Waals surface area contributed by atoms with Gasteiger partial charge in [0.1, 0.15) is 11.6 Å². The first-order valence-corrected chi connectivity index (χ1v) is 9.26. The predicted octanol–water partition coefficient (Wildman–Crippen LogP) is 4.57. The topological polar surface area (TPSA) is 65.0 Å². The fraction of sp³-hybridized carbons (Fsp3) is 0.167. The lowest BCUT2D eigenvalue weighted by molar-refractivity contribution is -0.119. The molecule has 0 bridgehead atoms. The first-order valence-electron chi connectivity index (χ1n) is 8.13. The van der Waals surface area contributed by atoms with E-state index >= 15 is 0 Å². The van der Waals surface area contributed by atoms with E-state index in [9.17, 15) is 18.4 Å². The van der Waals surface area contributed by atoms with Gasteiger partial charge in [-0.05, 0) is 36.4 Å². The number of nitrogens with zero attached hydrogens (tertiary/aromatic N) is 3. The summed E-state index contributed by atoms with van der Waals surface area (Å²) >= 11 is 18.0. The number of hydrogen-bond donors (Lipinski definition) is 1. The number of para-hydroxylation sites is 1. The third-order valence-electron chi connectivity index (χ3n) is 3.99. The van der Waals surface area contributed by atoms with E-state index in [-0.39, 0.29) is 5.69 Å². The molecule has 1 fully saturated rings. The first-order chi connectivity index (χ1) is 13.6. The Bertz CT molecular complexity index is 980. The average Bonchev–Trinajstić information content (AvgIpc) is 2.86. The van der Waals surface area contributed by atoms with Gasteiger partial charge < -0.3 is 5.32 Å². The van der Waals surface area contributed by atoms with Crippen LogP contribution in [0.4, 0.5) is 25.0 Å². The van der Waals surface area contributed by atoms with Crippen molar-refractivity contribution in [2.75, 3.05) is 17.3 Å². The van der Waals surface area contributed by atoms with E-state index < -0.39 is 39.4 Å². The molecule has 11 heteroatoms. The Morgan fingerprint density at radius 2 is 1.66 bits per heavy atom. The summed E-state index contributed by atoms with van der Waals surface area (Å²) in [6, 6.07) is 9.66. The summed E-state index contributed by atoms with van der Waals surface area (Å²) in [4.78, 5) is 30.8. The van der Waals surface area contributed by atoms with Gasteiger partial charge in [0.15, 0.2) is 6.17 Å². The molecule has 0 radical (unpaired) electrons. The van der Waals surface area contributed by atoms with Gasteiger partial charge in [0, 0.05) is 12.7 Å². The van der Waals surface area contributed by atoms with Crippen LogP contribution in [0, 0.1) is 11.6 Å². The number of amides is 3. The second-order valence-corrected chi connectivity index (χ2v) is 8.35. The molecule has 2 aromatic carbocycles. The number of aliphatic imine (C=N–C) groups is 1. The van der Waals surface area contributed by atoms with Gasteiger partial charge in [-0.2, -0.15) is 0 Å². The molecule has 0 aliphatic carbocycles. The number of rotatable bonds is 4. The number of imide groups is 1. The minimum Gasteiger partial charge on any atom is -0.360 e. The second kappa shape index (κ2) is 8.14. The second-order valence-electron chi connectivity index (χ2n) is 5.98. The van der Waals surface area contributed by atoms with Gasteiger partial charge in [-0.25, -0.2) is 23.5 Å². The largest absolute Gasteiger partial charge is 0.360 e. The molecule has 0 spiro atoms. The molecule has 6 nitrogen and oxygen atoms in total. The molecule has 3 amide bonds. The highest BCUT2D eigenvalue weighted by Crippen LogP contribution is 2.34. The fourth-order valence-electron chi connectivity index (χ4n) is 2.55. The van der Waals surface area contributed by atoms with Crippen LogP contribution in [0.2, 0.25) is 0 Å². The van der Waals surface area contributed by atoms with Crippen LogP contribution in [0.5, 0.6) is 0 Å². The molecule has 1 N–H and O–H groups in total. The molecule has 0 saturated carbocycles. The molecule has 29 heavy (non-hydrogen) atoms. The van der Waals surface area contributed by atoms with Gasteiger partial charge in [-0.3, -0.25) is 9.69 Å². The molecular weight excluding hydrogens is 449 g/mol. The number of halogens is 5. The standard InChI is InChI=1S/C18H13Cl3F2N4O2/c1-26-15(28)14(27(17(26)29)13-5-3-2-4-12(13)23)25-16(18(19,20)21)24-11-8-6-10(22)7-9-11/h2-9,16,24H,1H3. The normalized spacial score (nSPS) is 17.2. The summed E-state index contributed by atoms with van der Waals surface area (Å²) < 4.78 is 25.4. The van der Waals surface area contributed by atoms with Crippen molar-refractivity contribution in [3.8, 4) is 0 Å². The quantitative estimate of drug-likeness (QED) is 0.536. The van der Waals surface area contributed by atoms with Gasteiger partial charge in [-0.15, -0.1) is 0 Å². The van der Waals surface area contributed by atoms with E-state index in [2.05, 4.69) is 10.3 Å². The summed E-state index contributed by atoms with van der Waals surface area (Å²) in [6.07, 6.45) is -1.36. The molecule has 2 aromatic rings. The van der Waals surface area contributed by atoms with Gasteiger partial charge in [0.25, 0.3) is 5.91 Å². The van der Waals surface area contributed by atoms with Crippen LogP contribution in [-0.4, -0.2) is 39.7 Å². The highest BCUT2D eigenvalue weighted by molar-refractivity contribution is 6.68. The highest BCUT2D eigenvalue weighted by Gasteiger charge is 2.44. The lowest BCUT2D eigenvalue weighted by Crippen LogP contribution is -2.38. The monoisotopic (exact) mass is 460 g/mol. The summed E-state index contributed by atoms with van der Waals surface area (Å²) in [5.41, 5.74) is 0.161. The van der Waals surface area contributed by atoms with Crippen molar-refractivity contribution in [2.45, 2.75) is 9.96 Å². The minimum atomic E-state index is -2.06. The van der Waals surface area contributed by atoms with Crippen molar-refractivity contribution in [3.63, 3.8) is 0 Å². The smallest absolute Gasteiger partial charge is 0.337 e. The SMILES string of the molecule is CN1C(=O)C(=NC(Nc2ccc(F)cc2)C(Cl)(Cl)Cl)N(c2ccccc2F)C1=O. The summed E-state index contributed by atoms with van der Waals surface area (Å²) in [7, 11) is 1.22. The highest BCUT2D eigenvalue weighted by atomic mass is 35.6. The van der Waals surface area contributed by atoms with Crippen LogP contribution in [0.15, 0.2) is 53.5 Å². The number of urea groups is 1. The number of amidine groups is 1. The zero-order chi connectivity index (χ0) is 21.3. The zero-order valence-electron chi connectivity index (χ0n) is 14.7. The molecule has 0 aromatic heterocycles. The van der Waals surface area contributed by atoms with E-state index in [1.807, 2.05) is 0 Å². The molecule has 1 aliphatic rings. The number of hydrogen-bond acceptors (Lipinski definition) is 4. The maximum absolute atomic E-state index is 14.3. The summed E-state index contributed by atoms with van der Waals surface area (Å²) in [6.45, 7) is 0. The number of carbonyl (C=O) groups excluding carboxylic acids is 2. The Kier molecular flexibility index (Phi) is 5.97. The Labute approximate surface area is 179 Å². The van der Waals surface area contributed by atoms with E-state index in [0.717, 1.165) is 15.9 Å². The minimum absolute atomic E-state index is 0.182. The van der Waals surface area contributed by atoms with Crippen LogP contribution in [0.3, 0.4) is 0 Å². The average molecular weight is 462 g/mol. The third-order valence-corrected chi connectivity index (χ3v) is 4.61. The molecule has 1 unspecified atom stereocenters.